The minimum Gasteiger partial charge on any atom is -0.508 e. The van der Waals surface area contributed by atoms with Gasteiger partial charge in [-0.2, -0.15) is 0 Å². The Hall–Kier alpha value is -3.15. The number of phosphoric ester groups is 1. The summed E-state index contributed by atoms with van der Waals surface area (Å²) in [5.74, 6) is 2.54. The Balaban J connectivity index is 2.16. The predicted octanol–water partition coefficient (Wildman–Crippen LogP) is 0.146. The maximum Gasteiger partial charge on any atom is 0.524 e. The van der Waals surface area contributed by atoms with Crippen LogP contribution in [-0.4, -0.2) is 48.6 Å². The van der Waals surface area contributed by atoms with Crippen LogP contribution in [0.2, 0.25) is 0 Å². The van der Waals surface area contributed by atoms with Gasteiger partial charge in [-0.25, -0.2) is 14.8 Å². The molecule has 0 aromatic heterocycles. The molecule has 9 N–H and O–H groups in total. The highest BCUT2D eigenvalue weighted by molar-refractivity contribution is 7.46. The first-order valence-electron chi connectivity index (χ1n) is 9.19. The lowest BCUT2D eigenvalue weighted by molar-refractivity contribution is -0.142. The summed E-state index contributed by atoms with van der Waals surface area (Å²) >= 11 is 0. The SMILES string of the molecule is CC(Cc1ccc(OP(=O)(O)O)c(O)c1)(NN)C(=O)N[C@@H](Cc1ccc(O)cc1)C(=O)O. The number of phenolic OH excluding ortho intramolecular Hbond substituents is 2. The number of nitrogens with two attached hydrogens (primary N) is 1. The Kier molecular flexibility index (Phi) is 7.83. The number of carboxylic acids is 1. The number of benzene rings is 2. The van der Waals surface area contributed by atoms with E-state index in [1.54, 1.807) is 0 Å². The van der Waals surface area contributed by atoms with Crippen LogP contribution in [0, 0.1) is 0 Å². The monoisotopic (exact) mass is 469 g/mol. The second kappa shape index (κ2) is 9.98. The van der Waals surface area contributed by atoms with Crippen LogP contribution in [0.4, 0.5) is 0 Å². The van der Waals surface area contributed by atoms with E-state index in [9.17, 15) is 29.5 Å². The number of phosphoric acid groups is 1. The number of nitrogens with one attached hydrogen (secondary N) is 2. The molecule has 1 unspecified atom stereocenters. The molecular formula is C19H24N3O9P. The lowest BCUT2D eigenvalue weighted by Crippen LogP contribution is -2.61. The van der Waals surface area contributed by atoms with E-state index in [2.05, 4.69) is 15.3 Å². The van der Waals surface area contributed by atoms with Gasteiger partial charge >= 0.3 is 13.8 Å². The number of amides is 1. The van der Waals surface area contributed by atoms with Crippen LogP contribution in [0.5, 0.6) is 17.2 Å². The molecule has 0 bridgehead atoms. The Morgan fingerprint density at radius 1 is 1.12 bits per heavy atom. The van der Waals surface area contributed by atoms with E-state index >= 15 is 0 Å². The number of aromatic hydroxyl groups is 2. The molecule has 13 heteroatoms. The van der Waals surface area contributed by atoms with Crippen LogP contribution in [0.15, 0.2) is 42.5 Å². The van der Waals surface area contributed by atoms with Crippen molar-refractivity contribution in [1.82, 2.24) is 10.7 Å². The van der Waals surface area contributed by atoms with Gasteiger partial charge in [0.2, 0.25) is 5.91 Å². The number of hydrogen-bond acceptors (Lipinski definition) is 8. The van der Waals surface area contributed by atoms with E-state index in [1.165, 1.54) is 37.3 Å². The van der Waals surface area contributed by atoms with Crippen LogP contribution >= 0.6 is 7.82 Å². The summed E-state index contributed by atoms with van der Waals surface area (Å²) in [6.07, 6.45) is -0.151. The third-order valence-corrected chi connectivity index (χ3v) is 5.03. The van der Waals surface area contributed by atoms with Crippen molar-refractivity contribution in [3.63, 3.8) is 0 Å². The highest BCUT2D eigenvalue weighted by Crippen LogP contribution is 2.41. The summed E-state index contributed by atoms with van der Waals surface area (Å²) in [4.78, 5) is 42.2. The standard InChI is InChI=1S/C19H24N3O9P/c1-19(22-20,10-12-4-7-16(15(24)9-12)31-32(28,29)30)18(27)21-14(17(25)26)8-11-2-5-13(23)6-3-11/h2-7,9,14,22-24H,8,10,20H2,1H3,(H,21,27)(H,25,26)(H2,28,29,30)/t14-,19?/m0/s1. The number of carboxylic acid groups (broad SMARTS) is 1. The fraction of sp³-hybridized carbons (Fsp3) is 0.263. The molecule has 0 aliphatic heterocycles. The van der Waals surface area contributed by atoms with Crippen molar-refractivity contribution in [2.45, 2.75) is 31.3 Å². The Labute approximate surface area is 182 Å². The second-order valence-corrected chi connectivity index (χ2v) is 8.44. The molecule has 2 aromatic rings. The van der Waals surface area contributed by atoms with Crippen molar-refractivity contribution in [3.8, 4) is 17.2 Å². The van der Waals surface area contributed by atoms with Crippen LogP contribution in [0.25, 0.3) is 0 Å². The number of hydrogen-bond donors (Lipinski definition) is 8. The maximum atomic E-state index is 12.9. The molecule has 0 fully saturated rings. The fourth-order valence-corrected chi connectivity index (χ4v) is 3.28. The number of aliphatic carboxylic acids is 1. The van der Waals surface area contributed by atoms with E-state index in [-0.39, 0.29) is 18.6 Å². The molecule has 0 aliphatic carbocycles. The van der Waals surface area contributed by atoms with Gasteiger partial charge in [-0.3, -0.25) is 20.4 Å². The Bertz CT molecular complexity index is 1030. The summed E-state index contributed by atoms with van der Waals surface area (Å²) < 4.78 is 15.3. The molecule has 174 valence electrons. The quantitative estimate of drug-likeness (QED) is 0.133. The summed E-state index contributed by atoms with van der Waals surface area (Å²) in [6, 6.07) is 8.18. The summed E-state index contributed by atoms with van der Waals surface area (Å²) in [6.45, 7) is 1.42. The maximum absolute atomic E-state index is 12.9. The first-order chi connectivity index (χ1) is 14.8. The largest absolute Gasteiger partial charge is 0.524 e. The summed E-state index contributed by atoms with van der Waals surface area (Å²) in [5, 5.41) is 31.2. The molecule has 0 heterocycles. The van der Waals surface area contributed by atoms with E-state index in [0.717, 1.165) is 12.1 Å². The second-order valence-electron chi connectivity index (χ2n) is 7.27. The number of carbonyl (C=O) groups is 2. The molecule has 0 saturated heterocycles. The third-order valence-electron chi connectivity index (χ3n) is 4.60. The zero-order chi connectivity index (χ0) is 24.1. The minimum atomic E-state index is -4.88. The van der Waals surface area contributed by atoms with Crippen molar-refractivity contribution in [3.05, 3.63) is 53.6 Å². The van der Waals surface area contributed by atoms with E-state index < -0.39 is 42.8 Å². The zero-order valence-electron chi connectivity index (χ0n) is 16.9. The van der Waals surface area contributed by atoms with Crippen LogP contribution in [0.1, 0.15) is 18.1 Å². The number of phenols is 2. The van der Waals surface area contributed by atoms with E-state index in [0.29, 0.717) is 11.1 Å². The van der Waals surface area contributed by atoms with Gasteiger partial charge in [0.25, 0.3) is 0 Å². The third kappa shape index (κ3) is 6.94. The number of carbonyl (C=O) groups excluding carboxylic acids is 1. The molecule has 32 heavy (non-hydrogen) atoms. The lowest BCUT2D eigenvalue weighted by atomic mass is 9.91. The molecular weight excluding hydrogens is 445 g/mol. The number of rotatable bonds is 10. The topological polar surface area (TPSA) is 212 Å². The Morgan fingerprint density at radius 2 is 1.72 bits per heavy atom. The van der Waals surface area contributed by atoms with Crippen LogP contribution in [0.3, 0.4) is 0 Å². The van der Waals surface area contributed by atoms with Crippen molar-refractivity contribution in [2.75, 3.05) is 0 Å². The first-order valence-corrected chi connectivity index (χ1v) is 10.7. The van der Waals surface area contributed by atoms with Gasteiger partial charge in [0, 0.05) is 12.8 Å². The molecule has 0 saturated carbocycles. The van der Waals surface area contributed by atoms with Crippen molar-refractivity contribution < 1.29 is 43.8 Å². The van der Waals surface area contributed by atoms with Crippen molar-refractivity contribution in [2.24, 2.45) is 5.84 Å². The van der Waals surface area contributed by atoms with Gasteiger partial charge in [0.15, 0.2) is 11.5 Å². The predicted molar refractivity (Wildman–Crippen MR) is 112 cm³/mol. The smallest absolute Gasteiger partial charge is 0.508 e. The van der Waals surface area contributed by atoms with Gasteiger partial charge < -0.3 is 25.2 Å². The summed E-state index contributed by atoms with van der Waals surface area (Å²) in [7, 11) is -4.88. The summed E-state index contributed by atoms with van der Waals surface area (Å²) in [5.41, 5.74) is 1.76. The van der Waals surface area contributed by atoms with Gasteiger partial charge in [-0.15, -0.1) is 0 Å². The van der Waals surface area contributed by atoms with Gasteiger partial charge in [-0.1, -0.05) is 18.2 Å². The fourth-order valence-electron chi connectivity index (χ4n) is 2.87. The average molecular weight is 469 g/mol. The molecule has 2 rings (SSSR count). The molecule has 0 radical (unpaired) electrons. The average Bonchev–Trinajstić information content (AvgIpc) is 2.70. The van der Waals surface area contributed by atoms with Crippen LogP contribution in [-0.2, 0) is 27.0 Å². The van der Waals surface area contributed by atoms with Gasteiger partial charge in [0.05, 0.1) is 0 Å². The highest BCUT2D eigenvalue weighted by Gasteiger charge is 2.35. The molecule has 2 aromatic carbocycles. The molecule has 0 aliphatic rings. The first kappa shape index (κ1) is 25.1. The number of hydrazine groups is 1. The minimum absolute atomic E-state index is 0.0185. The zero-order valence-corrected chi connectivity index (χ0v) is 17.8. The lowest BCUT2D eigenvalue weighted by Gasteiger charge is -2.29. The van der Waals surface area contributed by atoms with Crippen molar-refractivity contribution in [1.29, 1.82) is 0 Å². The van der Waals surface area contributed by atoms with Gasteiger partial charge in [0.1, 0.15) is 17.3 Å². The van der Waals surface area contributed by atoms with Crippen molar-refractivity contribution >= 4 is 19.7 Å². The van der Waals surface area contributed by atoms with E-state index in [4.69, 9.17) is 15.6 Å². The van der Waals surface area contributed by atoms with Gasteiger partial charge in [-0.05, 0) is 42.3 Å². The van der Waals surface area contributed by atoms with Crippen LogP contribution < -0.4 is 21.1 Å². The molecule has 12 nitrogen and oxygen atoms in total. The molecule has 2 atom stereocenters. The molecule has 0 spiro atoms. The highest BCUT2D eigenvalue weighted by atomic mass is 31.2. The Morgan fingerprint density at radius 3 is 2.22 bits per heavy atom. The molecule has 1 amide bonds. The normalized spacial score (nSPS) is 14.2. The van der Waals surface area contributed by atoms with E-state index in [1.807, 2.05) is 0 Å².